The average Bonchev–Trinajstić information content (AvgIpc) is 2.99. The SMILES string of the molecule is NC(=NO)C1(Cc2ccccn2)CC1. The molecule has 14 heavy (non-hydrogen) atoms. The van der Waals surface area contributed by atoms with E-state index >= 15 is 0 Å². The third-order valence-electron chi connectivity index (χ3n) is 2.75. The molecule has 0 spiro atoms. The molecule has 1 heterocycles. The van der Waals surface area contributed by atoms with Gasteiger partial charge in [0.25, 0.3) is 0 Å². The van der Waals surface area contributed by atoms with E-state index in [0.717, 1.165) is 25.0 Å². The van der Waals surface area contributed by atoms with E-state index < -0.39 is 0 Å². The van der Waals surface area contributed by atoms with Crippen LogP contribution in [0.2, 0.25) is 0 Å². The number of pyridine rings is 1. The molecule has 1 aromatic rings. The van der Waals surface area contributed by atoms with Gasteiger partial charge in [0.15, 0.2) is 0 Å². The number of nitrogens with two attached hydrogens (primary N) is 1. The van der Waals surface area contributed by atoms with Crippen LogP contribution in [0.1, 0.15) is 18.5 Å². The molecule has 2 rings (SSSR count). The third-order valence-corrected chi connectivity index (χ3v) is 2.75. The molecular weight excluding hydrogens is 178 g/mol. The molecule has 0 unspecified atom stereocenters. The highest BCUT2D eigenvalue weighted by atomic mass is 16.4. The second kappa shape index (κ2) is 3.29. The van der Waals surface area contributed by atoms with Crippen LogP contribution in [0.4, 0.5) is 0 Å². The van der Waals surface area contributed by atoms with Crippen LogP contribution < -0.4 is 5.73 Å². The van der Waals surface area contributed by atoms with Crippen LogP contribution in [0.3, 0.4) is 0 Å². The zero-order valence-corrected chi connectivity index (χ0v) is 7.85. The lowest BCUT2D eigenvalue weighted by Crippen LogP contribution is -2.27. The van der Waals surface area contributed by atoms with Gasteiger partial charge in [0.2, 0.25) is 0 Å². The first-order valence-corrected chi connectivity index (χ1v) is 4.65. The van der Waals surface area contributed by atoms with Crippen LogP contribution in [-0.4, -0.2) is 16.0 Å². The van der Waals surface area contributed by atoms with Gasteiger partial charge in [-0.15, -0.1) is 0 Å². The van der Waals surface area contributed by atoms with Crippen molar-refractivity contribution in [3.05, 3.63) is 30.1 Å². The van der Waals surface area contributed by atoms with Gasteiger partial charge >= 0.3 is 0 Å². The highest BCUT2D eigenvalue weighted by Gasteiger charge is 2.47. The summed E-state index contributed by atoms with van der Waals surface area (Å²) in [6.07, 6.45) is 4.50. The second-order valence-electron chi connectivity index (χ2n) is 3.76. The highest BCUT2D eigenvalue weighted by Crippen LogP contribution is 2.48. The number of hydrogen-bond donors (Lipinski definition) is 2. The molecule has 0 atom stereocenters. The summed E-state index contributed by atoms with van der Waals surface area (Å²) in [5, 5.41) is 11.7. The van der Waals surface area contributed by atoms with Crippen molar-refractivity contribution in [3.63, 3.8) is 0 Å². The molecular formula is C10H13N3O. The molecule has 3 N–H and O–H groups in total. The van der Waals surface area contributed by atoms with Gasteiger partial charge in [0.1, 0.15) is 5.84 Å². The van der Waals surface area contributed by atoms with Crippen LogP contribution in [0.5, 0.6) is 0 Å². The van der Waals surface area contributed by atoms with Crippen molar-refractivity contribution in [1.82, 2.24) is 4.98 Å². The van der Waals surface area contributed by atoms with Crippen molar-refractivity contribution in [3.8, 4) is 0 Å². The Morgan fingerprint density at radius 2 is 2.36 bits per heavy atom. The van der Waals surface area contributed by atoms with Crippen molar-refractivity contribution >= 4 is 5.84 Å². The fraction of sp³-hybridized carbons (Fsp3) is 0.400. The summed E-state index contributed by atoms with van der Waals surface area (Å²) in [5.74, 6) is 0.336. The maximum absolute atomic E-state index is 8.63. The van der Waals surface area contributed by atoms with Gasteiger partial charge in [0.05, 0.1) is 0 Å². The molecule has 4 heteroatoms. The van der Waals surface area contributed by atoms with Crippen LogP contribution >= 0.6 is 0 Å². The van der Waals surface area contributed by atoms with E-state index in [2.05, 4.69) is 10.1 Å². The van der Waals surface area contributed by atoms with E-state index in [4.69, 9.17) is 10.9 Å². The summed E-state index contributed by atoms with van der Waals surface area (Å²) >= 11 is 0. The molecule has 1 aromatic heterocycles. The van der Waals surface area contributed by atoms with Gasteiger partial charge < -0.3 is 10.9 Å². The predicted molar refractivity (Wildman–Crippen MR) is 53.0 cm³/mol. The predicted octanol–water partition coefficient (Wildman–Crippen LogP) is 1.15. The molecule has 0 aromatic carbocycles. The van der Waals surface area contributed by atoms with Crippen molar-refractivity contribution in [2.45, 2.75) is 19.3 Å². The third kappa shape index (κ3) is 1.55. The maximum Gasteiger partial charge on any atom is 0.145 e. The molecule has 0 aliphatic heterocycles. The number of nitrogens with zero attached hydrogens (tertiary/aromatic N) is 2. The lowest BCUT2D eigenvalue weighted by atomic mass is 9.99. The van der Waals surface area contributed by atoms with E-state index in [1.807, 2.05) is 18.2 Å². The van der Waals surface area contributed by atoms with Crippen LogP contribution in [0, 0.1) is 5.41 Å². The highest BCUT2D eigenvalue weighted by molar-refractivity contribution is 5.88. The number of hydrogen-bond acceptors (Lipinski definition) is 3. The summed E-state index contributed by atoms with van der Waals surface area (Å²) in [6.45, 7) is 0. The lowest BCUT2D eigenvalue weighted by Gasteiger charge is -2.11. The summed E-state index contributed by atoms with van der Waals surface area (Å²) < 4.78 is 0. The number of oxime groups is 1. The lowest BCUT2D eigenvalue weighted by molar-refractivity contribution is 0.312. The van der Waals surface area contributed by atoms with Crippen molar-refractivity contribution in [2.75, 3.05) is 0 Å². The van der Waals surface area contributed by atoms with Crippen molar-refractivity contribution in [1.29, 1.82) is 0 Å². The van der Waals surface area contributed by atoms with Crippen LogP contribution in [0.25, 0.3) is 0 Å². The molecule has 4 nitrogen and oxygen atoms in total. The Bertz CT molecular complexity index is 344. The van der Waals surface area contributed by atoms with E-state index in [-0.39, 0.29) is 5.41 Å². The molecule has 1 aliphatic carbocycles. The van der Waals surface area contributed by atoms with E-state index in [1.54, 1.807) is 6.20 Å². The van der Waals surface area contributed by atoms with Gasteiger partial charge in [-0.2, -0.15) is 0 Å². The summed E-state index contributed by atoms with van der Waals surface area (Å²) in [5.41, 5.74) is 6.51. The largest absolute Gasteiger partial charge is 0.409 e. The van der Waals surface area contributed by atoms with E-state index in [0.29, 0.717) is 5.84 Å². The minimum Gasteiger partial charge on any atom is -0.409 e. The molecule has 0 bridgehead atoms. The van der Waals surface area contributed by atoms with Gasteiger partial charge in [-0.1, -0.05) is 11.2 Å². The minimum atomic E-state index is -0.122. The number of amidine groups is 1. The molecule has 0 amide bonds. The fourth-order valence-electron chi connectivity index (χ4n) is 1.63. The maximum atomic E-state index is 8.63. The first-order valence-electron chi connectivity index (χ1n) is 4.65. The Hall–Kier alpha value is -1.58. The zero-order valence-electron chi connectivity index (χ0n) is 7.85. The Morgan fingerprint density at radius 1 is 1.57 bits per heavy atom. The molecule has 0 radical (unpaired) electrons. The Labute approximate surface area is 82.5 Å². The van der Waals surface area contributed by atoms with Gasteiger partial charge in [-0.05, 0) is 25.0 Å². The monoisotopic (exact) mass is 191 g/mol. The van der Waals surface area contributed by atoms with Crippen molar-refractivity contribution in [2.24, 2.45) is 16.3 Å². The number of rotatable bonds is 3. The number of aromatic nitrogens is 1. The standard InChI is InChI=1S/C10H13N3O/c11-9(13-14)10(4-5-10)7-8-3-1-2-6-12-8/h1-3,6,14H,4-5,7H2,(H2,11,13). The Kier molecular flexibility index (Phi) is 2.11. The fourth-order valence-corrected chi connectivity index (χ4v) is 1.63. The normalized spacial score (nSPS) is 19.3. The minimum absolute atomic E-state index is 0.122. The molecule has 74 valence electrons. The van der Waals surface area contributed by atoms with E-state index in [1.165, 1.54) is 0 Å². The summed E-state index contributed by atoms with van der Waals surface area (Å²) in [6, 6.07) is 5.79. The summed E-state index contributed by atoms with van der Waals surface area (Å²) in [4.78, 5) is 4.23. The van der Waals surface area contributed by atoms with Gasteiger partial charge in [-0.25, -0.2) is 0 Å². The summed E-state index contributed by atoms with van der Waals surface area (Å²) in [7, 11) is 0. The van der Waals surface area contributed by atoms with Crippen molar-refractivity contribution < 1.29 is 5.21 Å². The van der Waals surface area contributed by atoms with Crippen LogP contribution in [-0.2, 0) is 6.42 Å². The Morgan fingerprint density at radius 3 is 2.86 bits per heavy atom. The van der Waals surface area contributed by atoms with Crippen LogP contribution in [0.15, 0.2) is 29.6 Å². The topological polar surface area (TPSA) is 71.5 Å². The first-order chi connectivity index (χ1) is 6.77. The van der Waals surface area contributed by atoms with Gasteiger partial charge in [-0.3, -0.25) is 4.98 Å². The molecule has 1 aliphatic rings. The zero-order chi connectivity index (χ0) is 10.0. The van der Waals surface area contributed by atoms with Gasteiger partial charge in [0, 0.05) is 23.7 Å². The molecule has 0 saturated heterocycles. The Balaban J connectivity index is 2.12. The second-order valence-corrected chi connectivity index (χ2v) is 3.76. The average molecular weight is 191 g/mol. The quantitative estimate of drug-likeness (QED) is 0.326. The first kappa shape index (κ1) is 8.99. The molecule has 1 saturated carbocycles. The molecule has 1 fully saturated rings. The smallest absolute Gasteiger partial charge is 0.145 e. The van der Waals surface area contributed by atoms with E-state index in [9.17, 15) is 0 Å².